The SMILES string of the molecule is CCOc1ccc2nc(C(=O)O)c(C(=O)O)cc2c1. The molecule has 98 valence electrons. The molecule has 1 aromatic heterocycles. The van der Waals surface area contributed by atoms with E-state index in [2.05, 4.69) is 4.98 Å². The first-order valence-corrected chi connectivity index (χ1v) is 5.57. The number of rotatable bonds is 4. The molecule has 1 aromatic carbocycles. The van der Waals surface area contributed by atoms with Gasteiger partial charge in [-0.25, -0.2) is 14.6 Å². The molecule has 2 N–H and O–H groups in total. The number of carbonyl (C=O) groups is 2. The van der Waals surface area contributed by atoms with Crippen LogP contribution in [0.1, 0.15) is 27.8 Å². The molecule has 1 heterocycles. The molecule has 6 heteroatoms. The number of aromatic carboxylic acids is 2. The van der Waals surface area contributed by atoms with Gasteiger partial charge in [0.05, 0.1) is 17.7 Å². The summed E-state index contributed by atoms with van der Waals surface area (Å²) in [4.78, 5) is 25.9. The molecule has 0 bridgehead atoms. The number of fused-ring (bicyclic) bond motifs is 1. The lowest BCUT2D eigenvalue weighted by Crippen LogP contribution is -2.10. The predicted octanol–water partition coefficient (Wildman–Crippen LogP) is 2.03. The number of hydrogen-bond donors (Lipinski definition) is 2. The largest absolute Gasteiger partial charge is 0.494 e. The summed E-state index contributed by atoms with van der Waals surface area (Å²) in [6.07, 6.45) is 0. The van der Waals surface area contributed by atoms with Crippen LogP contribution < -0.4 is 4.74 Å². The number of nitrogens with zero attached hydrogens (tertiary/aromatic N) is 1. The van der Waals surface area contributed by atoms with Crippen LogP contribution in [0.15, 0.2) is 24.3 Å². The summed E-state index contributed by atoms with van der Waals surface area (Å²) in [5.74, 6) is -2.11. The second kappa shape index (κ2) is 4.93. The fourth-order valence-corrected chi connectivity index (χ4v) is 1.74. The summed E-state index contributed by atoms with van der Waals surface area (Å²) in [5, 5.41) is 18.5. The van der Waals surface area contributed by atoms with Crippen LogP contribution in [-0.4, -0.2) is 33.7 Å². The van der Waals surface area contributed by atoms with Crippen molar-refractivity contribution in [1.29, 1.82) is 0 Å². The van der Waals surface area contributed by atoms with E-state index in [1.165, 1.54) is 6.07 Å². The van der Waals surface area contributed by atoms with Gasteiger partial charge in [0.1, 0.15) is 5.75 Å². The maximum atomic E-state index is 11.0. The van der Waals surface area contributed by atoms with Gasteiger partial charge in [-0.15, -0.1) is 0 Å². The summed E-state index contributed by atoms with van der Waals surface area (Å²) >= 11 is 0. The Morgan fingerprint density at radius 3 is 2.53 bits per heavy atom. The molecule has 0 aliphatic heterocycles. The van der Waals surface area contributed by atoms with Crippen LogP contribution in [0.5, 0.6) is 5.75 Å². The molecule has 0 atom stereocenters. The third-order valence-electron chi connectivity index (χ3n) is 2.53. The van der Waals surface area contributed by atoms with Crippen molar-refractivity contribution in [3.8, 4) is 5.75 Å². The van der Waals surface area contributed by atoms with Gasteiger partial charge in [-0.05, 0) is 31.2 Å². The van der Waals surface area contributed by atoms with Crippen LogP contribution in [0, 0.1) is 0 Å². The zero-order valence-electron chi connectivity index (χ0n) is 10.1. The Morgan fingerprint density at radius 2 is 1.95 bits per heavy atom. The van der Waals surface area contributed by atoms with Crippen LogP contribution >= 0.6 is 0 Å². The Balaban J connectivity index is 2.67. The highest BCUT2D eigenvalue weighted by Crippen LogP contribution is 2.22. The van der Waals surface area contributed by atoms with Crippen molar-refractivity contribution in [2.45, 2.75) is 6.92 Å². The van der Waals surface area contributed by atoms with E-state index in [1.54, 1.807) is 18.2 Å². The summed E-state index contributed by atoms with van der Waals surface area (Å²) < 4.78 is 5.30. The Labute approximate surface area is 108 Å². The first-order chi connectivity index (χ1) is 9.02. The molecule has 2 rings (SSSR count). The normalized spacial score (nSPS) is 10.4. The fourth-order valence-electron chi connectivity index (χ4n) is 1.74. The molecule has 6 nitrogen and oxygen atoms in total. The van der Waals surface area contributed by atoms with Crippen molar-refractivity contribution in [2.75, 3.05) is 6.61 Å². The zero-order chi connectivity index (χ0) is 14.0. The Kier molecular flexibility index (Phi) is 3.33. The average molecular weight is 261 g/mol. The minimum atomic E-state index is -1.37. The number of carboxylic acid groups (broad SMARTS) is 2. The maximum Gasteiger partial charge on any atom is 0.355 e. The predicted molar refractivity (Wildman–Crippen MR) is 66.8 cm³/mol. The first-order valence-electron chi connectivity index (χ1n) is 5.57. The van der Waals surface area contributed by atoms with E-state index in [9.17, 15) is 9.59 Å². The molecule has 0 amide bonds. The number of carboxylic acids is 2. The smallest absolute Gasteiger partial charge is 0.355 e. The van der Waals surface area contributed by atoms with Gasteiger partial charge in [0, 0.05) is 5.39 Å². The molecular formula is C13H11NO5. The third kappa shape index (κ3) is 2.47. The summed E-state index contributed by atoms with van der Waals surface area (Å²) in [6.45, 7) is 2.32. The quantitative estimate of drug-likeness (QED) is 0.874. The van der Waals surface area contributed by atoms with Gasteiger partial charge in [0.25, 0.3) is 0 Å². The van der Waals surface area contributed by atoms with Crippen molar-refractivity contribution in [2.24, 2.45) is 0 Å². The molecule has 19 heavy (non-hydrogen) atoms. The Bertz CT molecular complexity index is 665. The molecule has 0 fully saturated rings. The maximum absolute atomic E-state index is 11.0. The Morgan fingerprint density at radius 1 is 1.21 bits per heavy atom. The number of pyridine rings is 1. The van der Waals surface area contributed by atoms with Crippen LogP contribution in [0.3, 0.4) is 0 Å². The van der Waals surface area contributed by atoms with Gasteiger partial charge < -0.3 is 14.9 Å². The van der Waals surface area contributed by atoms with E-state index < -0.39 is 17.6 Å². The van der Waals surface area contributed by atoms with Crippen molar-refractivity contribution in [3.63, 3.8) is 0 Å². The summed E-state index contributed by atoms with van der Waals surface area (Å²) in [6, 6.07) is 6.17. The van der Waals surface area contributed by atoms with Crippen molar-refractivity contribution >= 4 is 22.8 Å². The lowest BCUT2D eigenvalue weighted by molar-refractivity contribution is 0.0647. The van der Waals surface area contributed by atoms with E-state index in [1.807, 2.05) is 6.92 Å². The number of hydrogen-bond acceptors (Lipinski definition) is 4. The monoisotopic (exact) mass is 261 g/mol. The van der Waals surface area contributed by atoms with Crippen molar-refractivity contribution < 1.29 is 24.5 Å². The molecule has 0 saturated carbocycles. The molecular weight excluding hydrogens is 250 g/mol. The van der Waals surface area contributed by atoms with Crippen LogP contribution in [0.4, 0.5) is 0 Å². The van der Waals surface area contributed by atoms with Gasteiger partial charge >= 0.3 is 11.9 Å². The molecule has 0 radical (unpaired) electrons. The fraction of sp³-hybridized carbons (Fsp3) is 0.154. The van der Waals surface area contributed by atoms with E-state index >= 15 is 0 Å². The van der Waals surface area contributed by atoms with Gasteiger partial charge in [0.2, 0.25) is 0 Å². The number of aromatic nitrogens is 1. The third-order valence-corrected chi connectivity index (χ3v) is 2.53. The second-order valence-corrected chi connectivity index (χ2v) is 3.78. The van der Waals surface area contributed by atoms with Crippen molar-refractivity contribution in [1.82, 2.24) is 4.98 Å². The van der Waals surface area contributed by atoms with E-state index in [-0.39, 0.29) is 5.56 Å². The van der Waals surface area contributed by atoms with E-state index in [0.29, 0.717) is 23.3 Å². The molecule has 0 aliphatic carbocycles. The standard InChI is InChI=1S/C13H11NO5/c1-2-19-8-3-4-10-7(5-8)6-9(12(15)16)11(14-10)13(17)18/h3-6H,2H2,1H3,(H,15,16)(H,17,18). The summed E-state index contributed by atoms with van der Waals surface area (Å²) in [5.41, 5.74) is -0.399. The summed E-state index contributed by atoms with van der Waals surface area (Å²) in [7, 11) is 0. The minimum Gasteiger partial charge on any atom is -0.494 e. The topological polar surface area (TPSA) is 96.7 Å². The minimum absolute atomic E-state index is 0.339. The number of benzene rings is 1. The van der Waals surface area contributed by atoms with Gasteiger partial charge in [0.15, 0.2) is 5.69 Å². The van der Waals surface area contributed by atoms with E-state index in [4.69, 9.17) is 14.9 Å². The van der Waals surface area contributed by atoms with Crippen LogP contribution in [0.2, 0.25) is 0 Å². The van der Waals surface area contributed by atoms with Gasteiger partial charge in [-0.1, -0.05) is 0 Å². The highest BCUT2D eigenvalue weighted by atomic mass is 16.5. The van der Waals surface area contributed by atoms with Crippen LogP contribution in [0.25, 0.3) is 10.9 Å². The molecule has 2 aromatic rings. The van der Waals surface area contributed by atoms with E-state index in [0.717, 1.165) is 0 Å². The zero-order valence-corrected chi connectivity index (χ0v) is 10.1. The lowest BCUT2D eigenvalue weighted by atomic mass is 10.1. The lowest BCUT2D eigenvalue weighted by Gasteiger charge is -2.07. The Hall–Kier alpha value is -2.63. The molecule has 0 saturated heterocycles. The van der Waals surface area contributed by atoms with Crippen LogP contribution in [-0.2, 0) is 0 Å². The highest BCUT2D eigenvalue weighted by molar-refractivity contribution is 6.03. The molecule has 0 spiro atoms. The molecule has 0 unspecified atom stereocenters. The highest BCUT2D eigenvalue weighted by Gasteiger charge is 2.18. The first kappa shape index (κ1) is 12.8. The van der Waals surface area contributed by atoms with Gasteiger partial charge in [-0.2, -0.15) is 0 Å². The average Bonchev–Trinajstić information content (AvgIpc) is 2.37. The molecule has 0 aliphatic rings. The second-order valence-electron chi connectivity index (χ2n) is 3.78. The van der Waals surface area contributed by atoms with Gasteiger partial charge in [-0.3, -0.25) is 0 Å². The van der Waals surface area contributed by atoms with Crippen molar-refractivity contribution in [3.05, 3.63) is 35.5 Å². The number of ether oxygens (including phenoxy) is 1.